The van der Waals surface area contributed by atoms with E-state index in [2.05, 4.69) is 54.7 Å². The van der Waals surface area contributed by atoms with Crippen LogP contribution in [-0.2, 0) is 41.6 Å². The zero-order valence-corrected chi connectivity index (χ0v) is 42.5. The first-order valence-electron chi connectivity index (χ1n) is 26.0. The molecule has 0 spiro atoms. The molecule has 2 aliphatic carbocycles. The molecule has 0 aromatic heterocycles. The number of anilines is 1. The van der Waals surface area contributed by atoms with Crippen molar-refractivity contribution in [2.75, 3.05) is 46.0 Å². The van der Waals surface area contributed by atoms with Crippen molar-refractivity contribution < 1.29 is 38.4 Å². The second-order valence-corrected chi connectivity index (χ2v) is 19.8. The van der Waals surface area contributed by atoms with Crippen molar-refractivity contribution >= 4 is 52.9 Å². The summed E-state index contributed by atoms with van der Waals surface area (Å²) in [6, 6.07) is 15.2. The lowest BCUT2D eigenvalue weighted by atomic mass is 9.87. The Morgan fingerprint density at radius 3 is 1.40 bits per heavy atom. The van der Waals surface area contributed by atoms with Gasteiger partial charge in [-0.3, -0.25) is 38.4 Å². The highest BCUT2D eigenvalue weighted by molar-refractivity contribution is 6.01. The molecule has 7 rings (SSSR count). The quantitative estimate of drug-likeness (QED) is 0.0740. The van der Waals surface area contributed by atoms with Crippen LogP contribution in [0.15, 0.2) is 66.7 Å². The number of carbonyl (C=O) groups excluding carboxylic acids is 8. The van der Waals surface area contributed by atoms with Crippen molar-refractivity contribution in [1.82, 2.24) is 52.3 Å². The van der Waals surface area contributed by atoms with Crippen molar-refractivity contribution in [3.05, 3.63) is 100 Å². The number of nitrogens with zero attached hydrogens (tertiary/aromatic N) is 2. The van der Waals surface area contributed by atoms with Gasteiger partial charge in [0.2, 0.25) is 35.4 Å². The summed E-state index contributed by atoms with van der Waals surface area (Å²) in [5.41, 5.74) is 11.1. The number of rotatable bonds is 20. The average Bonchev–Trinajstić information content (AvgIpc) is 4.11. The number of nitrogens with one attached hydrogen (secondary N) is 8. The number of carbonyl (C=O) groups is 8. The molecule has 10 N–H and O–H groups in total. The summed E-state index contributed by atoms with van der Waals surface area (Å²) in [6.07, 6.45) is 7.54. The molecule has 3 aromatic rings. The Morgan fingerprint density at radius 2 is 0.986 bits per heavy atom. The lowest BCUT2D eigenvalue weighted by Gasteiger charge is -2.32. The van der Waals surface area contributed by atoms with E-state index in [1.54, 1.807) is 27.9 Å². The molecule has 2 heterocycles. The monoisotopic (exact) mass is 1000 g/mol. The Kier molecular flexibility index (Phi) is 18.6. The Hall–Kier alpha value is -6.86. The van der Waals surface area contributed by atoms with Gasteiger partial charge in [0.15, 0.2) is 0 Å². The van der Waals surface area contributed by atoms with Crippen LogP contribution in [0.3, 0.4) is 0 Å². The largest absolute Gasteiger partial charge is 0.399 e. The van der Waals surface area contributed by atoms with E-state index in [0.717, 1.165) is 49.7 Å². The first-order chi connectivity index (χ1) is 35.2. The number of likely N-dealkylation sites (tertiary alicyclic amines) is 2. The predicted octanol–water partition coefficient (Wildman–Crippen LogP) is 2.06. The fourth-order valence-corrected chi connectivity index (χ4v) is 10.5. The van der Waals surface area contributed by atoms with Gasteiger partial charge >= 0.3 is 0 Å². The van der Waals surface area contributed by atoms with Crippen molar-refractivity contribution in [3.63, 3.8) is 0 Å². The molecule has 0 saturated carbocycles. The Labute approximate surface area is 427 Å². The van der Waals surface area contributed by atoms with Crippen LogP contribution in [0.1, 0.15) is 133 Å². The minimum atomic E-state index is -1.07. The van der Waals surface area contributed by atoms with Crippen molar-refractivity contribution in [3.8, 4) is 0 Å². The highest BCUT2D eigenvalue weighted by Gasteiger charge is 2.41. The maximum Gasteiger partial charge on any atom is 0.251 e. The summed E-state index contributed by atoms with van der Waals surface area (Å²) in [4.78, 5) is 113. The van der Waals surface area contributed by atoms with Crippen LogP contribution in [-0.4, -0.2) is 134 Å². The van der Waals surface area contributed by atoms with Gasteiger partial charge in [-0.05, 0) is 145 Å². The van der Waals surface area contributed by atoms with Gasteiger partial charge < -0.3 is 58.1 Å². The summed E-state index contributed by atoms with van der Waals surface area (Å²) >= 11 is 0. The molecule has 0 radical (unpaired) electrons. The van der Waals surface area contributed by atoms with Crippen molar-refractivity contribution in [2.24, 2.45) is 0 Å². The van der Waals surface area contributed by atoms with Gasteiger partial charge in [0.25, 0.3) is 11.8 Å². The predicted molar refractivity (Wildman–Crippen MR) is 276 cm³/mol. The smallest absolute Gasteiger partial charge is 0.251 e. The third kappa shape index (κ3) is 13.4. The van der Waals surface area contributed by atoms with Crippen LogP contribution in [0.25, 0.3) is 0 Å². The van der Waals surface area contributed by atoms with Crippen molar-refractivity contribution in [1.29, 1.82) is 0 Å². The molecule has 4 aliphatic rings. The fraction of sp³-hybridized carbons (Fsp3) is 0.519. The summed E-state index contributed by atoms with van der Waals surface area (Å²) in [7, 11) is 3.25. The zero-order chi connectivity index (χ0) is 52.2. The third-order valence-electron chi connectivity index (χ3n) is 14.8. The second-order valence-electron chi connectivity index (χ2n) is 19.8. The highest BCUT2D eigenvalue weighted by Crippen LogP contribution is 2.32. The van der Waals surface area contributed by atoms with Gasteiger partial charge in [-0.25, -0.2) is 0 Å². The van der Waals surface area contributed by atoms with Crippen LogP contribution in [0.4, 0.5) is 5.69 Å². The number of hydrogen-bond acceptors (Lipinski definition) is 11. The van der Waals surface area contributed by atoms with Gasteiger partial charge in [0.1, 0.15) is 24.2 Å². The number of likely N-dealkylation sites (N-methyl/N-ethyl adjacent to an activating group) is 2. The molecule has 2 fully saturated rings. The first-order valence-corrected chi connectivity index (χ1v) is 26.0. The summed E-state index contributed by atoms with van der Waals surface area (Å²) in [5.74, 6) is -3.36. The fourth-order valence-electron chi connectivity index (χ4n) is 10.5. The first kappa shape index (κ1) is 53.9. The van der Waals surface area contributed by atoms with E-state index in [9.17, 15) is 38.4 Å². The normalized spacial score (nSPS) is 20.8. The van der Waals surface area contributed by atoms with E-state index in [1.807, 2.05) is 36.4 Å². The summed E-state index contributed by atoms with van der Waals surface area (Å²) < 4.78 is 0. The molecule has 19 heteroatoms. The van der Waals surface area contributed by atoms with E-state index in [0.29, 0.717) is 38.8 Å². The molecule has 3 aromatic carbocycles. The standard InChI is InChI=1S/C54H73N11O8/c1-32(56-3)47(66)62-43(53(72)64-27-11-21-45(64)51(70)60-41-19-9-15-34-13-5-7-17-39(34)41)23-25-58-49(68)36-29-37(31-38(55)30-36)50(69)59-26-24-44(63-48(67)33(2)57-4)54(73)65-28-12-22-46(65)52(71)61-42-20-10-16-35-14-6-8-18-40(35)42/h5-8,13-14,17-18,29-33,41-46,56-57H,9-12,15-16,19-28,55H2,1-4H3,(H,58,68)(H,59,69)(H,60,70)(H,61,71)(H,62,66)(H,63,67). The van der Waals surface area contributed by atoms with Gasteiger partial charge in [-0.2, -0.15) is 0 Å². The third-order valence-corrected chi connectivity index (χ3v) is 14.8. The topological polar surface area (TPSA) is 265 Å². The Bertz CT molecular complexity index is 2350. The number of nitrogen functional groups attached to an aromatic ring is 1. The van der Waals surface area contributed by atoms with E-state index in [-0.39, 0.29) is 66.6 Å². The van der Waals surface area contributed by atoms with Gasteiger partial charge in [-0.15, -0.1) is 0 Å². The summed E-state index contributed by atoms with van der Waals surface area (Å²) in [5, 5.41) is 23.4. The number of hydrogen-bond donors (Lipinski definition) is 9. The minimum Gasteiger partial charge on any atom is -0.399 e. The summed E-state index contributed by atoms with van der Waals surface area (Å²) in [6.45, 7) is 3.88. The zero-order valence-electron chi connectivity index (χ0n) is 42.5. The molecular weight excluding hydrogens is 931 g/mol. The molecule has 73 heavy (non-hydrogen) atoms. The van der Waals surface area contributed by atoms with Gasteiger partial charge in [0, 0.05) is 43.0 Å². The number of benzene rings is 3. The second kappa shape index (κ2) is 25.2. The molecule has 19 nitrogen and oxygen atoms in total. The number of aryl methyl sites for hydroxylation is 2. The van der Waals surface area contributed by atoms with E-state index < -0.39 is 71.7 Å². The number of nitrogens with two attached hydrogens (primary N) is 1. The minimum absolute atomic E-state index is 0.00462. The van der Waals surface area contributed by atoms with Crippen LogP contribution >= 0.6 is 0 Å². The SMILES string of the molecule is CNC(C)C(=O)NC(CCNC(=O)c1cc(N)cc(C(=O)NCCC(NC(=O)C(C)NC)C(=O)N2CCCC2C(=O)NC2CCCc3ccccc32)c1)C(=O)N1CCCC1C(=O)NC1CCCc2ccccc21. The van der Waals surface area contributed by atoms with Crippen LogP contribution in [0.2, 0.25) is 0 Å². The molecule has 8 amide bonds. The lowest BCUT2D eigenvalue weighted by molar-refractivity contribution is -0.142. The maximum absolute atomic E-state index is 14.3. The van der Waals surface area contributed by atoms with Crippen LogP contribution < -0.4 is 48.3 Å². The number of amides is 8. The maximum atomic E-state index is 14.3. The lowest BCUT2D eigenvalue weighted by Crippen LogP contribution is -2.56. The molecule has 8 unspecified atom stereocenters. The molecule has 392 valence electrons. The van der Waals surface area contributed by atoms with Crippen molar-refractivity contribution in [2.45, 2.75) is 139 Å². The van der Waals surface area contributed by atoms with E-state index >= 15 is 0 Å². The molecule has 2 aliphatic heterocycles. The molecule has 0 bridgehead atoms. The number of fused-ring (bicyclic) bond motifs is 2. The average molecular weight is 1000 g/mol. The van der Waals surface area contributed by atoms with Crippen LogP contribution in [0, 0.1) is 0 Å². The van der Waals surface area contributed by atoms with E-state index in [1.165, 1.54) is 39.1 Å². The molecule has 8 atom stereocenters. The van der Waals surface area contributed by atoms with Gasteiger partial charge in [-0.1, -0.05) is 48.5 Å². The van der Waals surface area contributed by atoms with Crippen LogP contribution in [0.5, 0.6) is 0 Å². The highest BCUT2D eigenvalue weighted by atomic mass is 16.2. The molecule has 2 saturated heterocycles. The van der Waals surface area contributed by atoms with E-state index in [4.69, 9.17) is 5.73 Å². The Balaban J connectivity index is 0.959. The molecular formula is C54H73N11O8. The Morgan fingerprint density at radius 1 is 0.575 bits per heavy atom. The van der Waals surface area contributed by atoms with Gasteiger partial charge in [0.05, 0.1) is 24.2 Å².